The highest BCUT2D eigenvalue weighted by Crippen LogP contribution is 2.52. The van der Waals surface area contributed by atoms with E-state index in [0.717, 1.165) is 27.8 Å². The van der Waals surface area contributed by atoms with Crippen LogP contribution in [-0.2, 0) is 10.2 Å². The first-order valence-corrected chi connectivity index (χ1v) is 7.77. The molecule has 0 fully saturated rings. The topological polar surface area (TPSA) is 46.5 Å². The third-order valence-corrected chi connectivity index (χ3v) is 4.80. The molecule has 3 nitrogen and oxygen atoms in total. The minimum atomic E-state index is -1.19. The van der Waals surface area contributed by atoms with Crippen LogP contribution in [0.15, 0.2) is 72.8 Å². The van der Waals surface area contributed by atoms with Gasteiger partial charge in [0.25, 0.3) is 0 Å². The fraction of sp³-hybridized carbons (Fsp3) is 0.0952. The van der Waals surface area contributed by atoms with E-state index >= 15 is 0 Å². The lowest BCUT2D eigenvalue weighted by Crippen LogP contribution is -2.36. The Morgan fingerprint density at radius 2 is 1.33 bits per heavy atom. The molecule has 0 saturated heterocycles. The third kappa shape index (κ3) is 1.75. The molecule has 4 rings (SSSR count). The van der Waals surface area contributed by atoms with Crippen molar-refractivity contribution in [3.05, 3.63) is 89.5 Å². The second-order valence-corrected chi connectivity index (χ2v) is 5.87. The van der Waals surface area contributed by atoms with E-state index in [-0.39, 0.29) is 0 Å². The van der Waals surface area contributed by atoms with Crippen molar-refractivity contribution in [1.29, 1.82) is 0 Å². The summed E-state index contributed by atoms with van der Waals surface area (Å²) in [6, 6.07) is 22.8. The Bertz CT molecular complexity index is 880. The van der Waals surface area contributed by atoms with Gasteiger partial charge in [0, 0.05) is 0 Å². The summed E-state index contributed by atoms with van der Waals surface area (Å²) in [5.74, 6) is -0.163. The molecule has 118 valence electrons. The maximum atomic E-state index is 12.6. The van der Waals surface area contributed by atoms with Gasteiger partial charge in [-0.25, -0.2) is 0 Å². The molecule has 0 spiro atoms. The number of methoxy groups -OCH3 is 1. The van der Waals surface area contributed by atoms with Crippen molar-refractivity contribution in [2.75, 3.05) is 7.11 Å². The van der Waals surface area contributed by atoms with E-state index in [0.29, 0.717) is 5.75 Å². The molecule has 3 heteroatoms. The van der Waals surface area contributed by atoms with Crippen LogP contribution in [0.25, 0.3) is 11.1 Å². The molecule has 1 aliphatic rings. The zero-order chi connectivity index (χ0) is 16.7. The molecule has 0 bridgehead atoms. The van der Waals surface area contributed by atoms with Crippen molar-refractivity contribution in [1.82, 2.24) is 0 Å². The lowest BCUT2D eigenvalue weighted by molar-refractivity contribution is -0.140. The molecule has 1 aliphatic carbocycles. The maximum absolute atomic E-state index is 12.6. The Labute approximate surface area is 140 Å². The zero-order valence-corrected chi connectivity index (χ0v) is 13.2. The first-order valence-electron chi connectivity index (χ1n) is 7.77. The van der Waals surface area contributed by atoms with Gasteiger partial charge in [0.2, 0.25) is 0 Å². The number of ether oxygens (including phenoxy) is 1. The molecular formula is C21H16O3. The van der Waals surface area contributed by atoms with Crippen LogP contribution in [0.3, 0.4) is 0 Å². The molecule has 0 radical (unpaired) electrons. The van der Waals surface area contributed by atoms with Gasteiger partial charge in [0.05, 0.1) is 7.11 Å². The van der Waals surface area contributed by atoms with Gasteiger partial charge in [0.1, 0.15) is 11.2 Å². The molecule has 0 saturated carbocycles. The fourth-order valence-corrected chi connectivity index (χ4v) is 3.74. The second-order valence-electron chi connectivity index (χ2n) is 5.87. The molecule has 0 atom stereocenters. The summed E-state index contributed by atoms with van der Waals surface area (Å²) in [6.45, 7) is 0. The van der Waals surface area contributed by atoms with E-state index in [4.69, 9.17) is 4.74 Å². The van der Waals surface area contributed by atoms with Crippen molar-refractivity contribution < 1.29 is 14.6 Å². The molecule has 24 heavy (non-hydrogen) atoms. The number of fused-ring (bicyclic) bond motifs is 3. The molecule has 0 aromatic heterocycles. The SMILES string of the molecule is COc1ccc(C2(C(=O)O)c3ccccc3-c3ccccc32)cc1. The Kier molecular flexibility index (Phi) is 3.17. The first kappa shape index (κ1) is 14.5. The monoisotopic (exact) mass is 316 g/mol. The minimum absolute atomic E-state index is 0.707. The number of carboxylic acids is 1. The van der Waals surface area contributed by atoms with Crippen molar-refractivity contribution in [3.8, 4) is 16.9 Å². The number of hydrogen-bond donors (Lipinski definition) is 1. The van der Waals surface area contributed by atoms with Crippen LogP contribution < -0.4 is 4.74 Å². The number of hydrogen-bond acceptors (Lipinski definition) is 2. The number of aliphatic carboxylic acids is 1. The number of rotatable bonds is 3. The first-order chi connectivity index (χ1) is 11.7. The quantitative estimate of drug-likeness (QED) is 0.791. The van der Waals surface area contributed by atoms with Crippen LogP contribution >= 0.6 is 0 Å². The Balaban J connectivity index is 2.09. The van der Waals surface area contributed by atoms with Crippen LogP contribution in [0.4, 0.5) is 0 Å². The normalized spacial score (nSPS) is 13.9. The van der Waals surface area contributed by atoms with Gasteiger partial charge in [-0.2, -0.15) is 0 Å². The van der Waals surface area contributed by atoms with E-state index in [9.17, 15) is 9.90 Å². The molecular weight excluding hydrogens is 300 g/mol. The standard InChI is InChI=1S/C21H16O3/c1-24-15-12-10-14(11-13-15)21(20(22)23)18-8-4-2-6-16(18)17-7-3-5-9-19(17)21/h2-13H,1H3,(H,22,23). The molecule has 0 unspecified atom stereocenters. The van der Waals surface area contributed by atoms with Crippen molar-refractivity contribution in [3.63, 3.8) is 0 Å². The van der Waals surface area contributed by atoms with Crippen LogP contribution in [0.5, 0.6) is 5.75 Å². The molecule has 3 aromatic carbocycles. The predicted molar refractivity (Wildman–Crippen MR) is 92.4 cm³/mol. The number of carbonyl (C=O) groups is 1. The minimum Gasteiger partial charge on any atom is -0.497 e. The summed E-state index contributed by atoms with van der Waals surface area (Å²) in [7, 11) is 1.60. The van der Waals surface area contributed by atoms with Gasteiger partial charge in [-0.1, -0.05) is 60.7 Å². The molecule has 3 aromatic rings. The summed E-state index contributed by atoms with van der Waals surface area (Å²) in [4.78, 5) is 12.6. The summed E-state index contributed by atoms with van der Waals surface area (Å²) < 4.78 is 5.22. The van der Waals surface area contributed by atoms with Crippen molar-refractivity contribution >= 4 is 5.97 Å². The van der Waals surface area contributed by atoms with Crippen LogP contribution in [0.2, 0.25) is 0 Å². The highest BCUT2D eigenvalue weighted by molar-refractivity contribution is 6.00. The Morgan fingerprint density at radius 3 is 1.79 bits per heavy atom. The Hall–Kier alpha value is -3.07. The summed E-state index contributed by atoms with van der Waals surface area (Å²) >= 11 is 0. The number of benzene rings is 3. The molecule has 0 amide bonds. The van der Waals surface area contributed by atoms with E-state index in [1.165, 1.54) is 0 Å². The zero-order valence-electron chi connectivity index (χ0n) is 13.2. The highest BCUT2D eigenvalue weighted by Gasteiger charge is 2.50. The van der Waals surface area contributed by atoms with Gasteiger partial charge in [0.15, 0.2) is 0 Å². The van der Waals surface area contributed by atoms with Gasteiger partial charge < -0.3 is 9.84 Å². The van der Waals surface area contributed by atoms with E-state index in [1.54, 1.807) is 7.11 Å². The van der Waals surface area contributed by atoms with Gasteiger partial charge in [-0.05, 0) is 39.9 Å². The van der Waals surface area contributed by atoms with Crippen molar-refractivity contribution in [2.24, 2.45) is 0 Å². The van der Waals surface area contributed by atoms with E-state index in [1.807, 2.05) is 72.8 Å². The summed E-state index contributed by atoms with van der Waals surface area (Å²) in [5.41, 5.74) is 3.11. The van der Waals surface area contributed by atoms with Gasteiger partial charge >= 0.3 is 5.97 Å². The fourth-order valence-electron chi connectivity index (χ4n) is 3.74. The molecule has 0 heterocycles. The van der Waals surface area contributed by atoms with E-state index < -0.39 is 11.4 Å². The van der Waals surface area contributed by atoms with Gasteiger partial charge in [-0.15, -0.1) is 0 Å². The maximum Gasteiger partial charge on any atom is 0.323 e. The average molecular weight is 316 g/mol. The molecule has 1 N–H and O–H groups in total. The lowest BCUT2D eigenvalue weighted by atomic mass is 9.72. The average Bonchev–Trinajstić information content (AvgIpc) is 2.93. The third-order valence-electron chi connectivity index (χ3n) is 4.80. The van der Waals surface area contributed by atoms with Crippen LogP contribution in [0, 0.1) is 0 Å². The Morgan fingerprint density at radius 1 is 0.833 bits per heavy atom. The van der Waals surface area contributed by atoms with E-state index in [2.05, 4.69) is 0 Å². The summed E-state index contributed by atoms with van der Waals surface area (Å²) in [5, 5.41) is 10.3. The predicted octanol–water partition coefficient (Wildman–Crippen LogP) is 4.09. The second kappa shape index (κ2) is 5.24. The smallest absolute Gasteiger partial charge is 0.323 e. The van der Waals surface area contributed by atoms with Gasteiger partial charge in [-0.3, -0.25) is 4.79 Å². The highest BCUT2D eigenvalue weighted by atomic mass is 16.5. The van der Waals surface area contributed by atoms with Crippen LogP contribution in [-0.4, -0.2) is 18.2 Å². The van der Waals surface area contributed by atoms with Crippen LogP contribution in [0.1, 0.15) is 16.7 Å². The molecule has 0 aliphatic heterocycles. The number of carboxylic acid groups (broad SMARTS) is 1. The lowest BCUT2D eigenvalue weighted by Gasteiger charge is -2.28. The van der Waals surface area contributed by atoms with Crippen molar-refractivity contribution in [2.45, 2.75) is 5.41 Å². The largest absolute Gasteiger partial charge is 0.497 e. The summed E-state index contributed by atoms with van der Waals surface area (Å²) in [6.07, 6.45) is 0.